The normalized spacial score (nSPS) is 10.8. The summed E-state index contributed by atoms with van der Waals surface area (Å²) in [7, 11) is 1.28. The molecule has 0 aliphatic carbocycles. The molecule has 152 valence electrons. The zero-order valence-electron chi connectivity index (χ0n) is 16.5. The minimum absolute atomic E-state index is 0.130. The van der Waals surface area contributed by atoms with Crippen molar-refractivity contribution in [3.8, 4) is 0 Å². The van der Waals surface area contributed by atoms with Gasteiger partial charge in [0.2, 0.25) is 0 Å². The number of ether oxygens (including phenoxy) is 2. The van der Waals surface area contributed by atoms with Crippen LogP contribution in [0.2, 0.25) is 0 Å². The zero-order valence-corrected chi connectivity index (χ0v) is 17.3. The summed E-state index contributed by atoms with van der Waals surface area (Å²) in [6, 6.07) is 4.38. The van der Waals surface area contributed by atoms with E-state index in [0.29, 0.717) is 32.2 Å². The number of benzene rings is 1. The molecular formula is C20H20FN3O4S. The van der Waals surface area contributed by atoms with Crippen LogP contribution in [-0.4, -0.2) is 35.6 Å². The number of rotatable bonds is 6. The molecule has 29 heavy (non-hydrogen) atoms. The van der Waals surface area contributed by atoms with Gasteiger partial charge in [0.15, 0.2) is 0 Å². The summed E-state index contributed by atoms with van der Waals surface area (Å²) in [5.41, 5.74) is 1.99. The molecule has 0 atom stereocenters. The number of methoxy groups -OCH3 is 1. The maximum absolute atomic E-state index is 13.7. The molecule has 3 aromatic rings. The van der Waals surface area contributed by atoms with Crippen molar-refractivity contribution in [1.29, 1.82) is 0 Å². The molecule has 2 aromatic heterocycles. The third kappa shape index (κ3) is 4.34. The molecule has 1 aromatic carbocycles. The van der Waals surface area contributed by atoms with E-state index in [1.54, 1.807) is 19.9 Å². The van der Waals surface area contributed by atoms with E-state index in [2.05, 4.69) is 15.3 Å². The lowest BCUT2D eigenvalue weighted by Crippen LogP contribution is -2.09. The average Bonchev–Trinajstić information content (AvgIpc) is 3.01. The van der Waals surface area contributed by atoms with Crippen molar-refractivity contribution in [2.45, 2.75) is 27.2 Å². The van der Waals surface area contributed by atoms with E-state index in [-0.39, 0.29) is 18.9 Å². The Morgan fingerprint density at radius 1 is 1.24 bits per heavy atom. The molecule has 2 heterocycles. The molecule has 0 saturated carbocycles. The maximum atomic E-state index is 13.7. The van der Waals surface area contributed by atoms with Crippen molar-refractivity contribution < 1.29 is 23.5 Å². The first-order chi connectivity index (χ1) is 13.8. The fourth-order valence-electron chi connectivity index (χ4n) is 2.80. The Morgan fingerprint density at radius 2 is 2.00 bits per heavy atom. The molecule has 0 bridgehead atoms. The summed E-state index contributed by atoms with van der Waals surface area (Å²) in [4.78, 5) is 33.8. The average molecular weight is 417 g/mol. The summed E-state index contributed by atoms with van der Waals surface area (Å²) >= 11 is 1.16. The molecule has 0 spiro atoms. The summed E-state index contributed by atoms with van der Waals surface area (Å²) in [6.07, 6.45) is -0.130. The lowest BCUT2D eigenvalue weighted by atomic mass is 10.1. The van der Waals surface area contributed by atoms with E-state index in [9.17, 15) is 14.0 Å². The first-order valence-electron chi connectivity index (χ1n) is 8.91. The van der Waals surface area contributed by atoms with Gasteiger partial charge in [-0.25, -0.2) is 19.2 Å². The Labute approximate surface area is 170 Å². The second-order valence-electron chi connectivity index (χ2n) is 6.28. The highest BCUT2D eigenvalue weighted by Crippen LogP contribution is 2.36. The van der Waals surface area contributed by atoms with Crippen molar-refractivity contribution in [1.82, 2.24) is 9.97 Å². The summed E-state index contributed by atoms with van der Waals surface area (Å²) in [5.74, 6) is -0.719. The zero-order chi connectivity index (χ0) is 21.1. The molecule has 0 aliphatic heterocycles. The summed E-state index contributed by atoms with van der Waals surface area (Å²) < 4.78 is 23.6. The van der Waals surface area contributed by atoms with Crippen molar-refractivity contribution in [2.75, 3.05) is 19.0 Å². The highest BCUT2D eigenvalue weighted by Gasteiger charge is 2.22. The van der Waals surface area contributed by atoms with Crippen LogP contribution in [0.1, 0.15) is 33.5 Å². The third-order valence-corrected chi connectivity index (χ3v) is 5.45. The Morgan fingerprint density at radius 3 is 2.69 bits per heavy atom. The largest absolute Gasteiger partial charge is 0.469 e. The van der Waals surface area contributed by atoms with Crippen LogP contribution in [0.4, 0.5) is 15.9 Å². The molecule has 0 radical (unpaired) electrons. The maximum Gasteiger partial charge on any atom is 0.348 e. The van der Waals surface area contributed by atoms with Gasteiger partial charge in [0.05, 0.1) is 19.1 Å². The number of aromatic nitrogens is 2. The number of carbonyl (C=O) groups excluding carboxylic acids is 2. The Hall–Kier alpha value is -3.07. The van der Waals surface area contributed by atoms with Gasteiger partial charge in [-0.1, -0.05) is 6.07 Å². The van der Waals surface area contributed by atoms with Crippen molar-refractivity contribution in [3.05, 3.63) is 45.8 Å². The van der Waals surface area contributed by atoms with E-state index in [4.69, 9.17) is 9.47 Å². The van der Waals surface area contributed by atoms with E-state index in [0.717, 1.165) is 16.9 Å². The molecule has 0 amide bonds. The van der Waals surface area contributed by atoms with Gasteiger partial charge in [0.1, 0.15) is 33.6 Å². The van der Waals surface area contributed by atoms with Crippen LogP contribution < -0.4 is 5.32 Å². The van der Waals surface area contributed by atoms with Crippen molar-refractivity contribution >= 4 is 45.0 Å². The molecule has 9 heteroatoms. The lowest BCUT2D eigenvalue weighted by Gasteiger charge is -2.12. The van der Waals surface area contributed by atoms with Gasteiger partial charge in [0.25, 0.3) is 0 Å². The molecule has 0 fully saturated rings. The van der Waals surface area contributed by atoms with Gasteiger partial charge in [-0.2, -0.15) is 0 Å². The number of halogens is 1. The van der Waals surface area contributed by atoms with Crippen LogP contribution >= 0.6 is 11.3 Å². The first-order valence-corrected chi connectivity index (χ1v) is 9.72. The Bertz CT molecular complexity index is 1100. The van der Waals surface area contributed by atoms with Gasteiger partial charge in [-0.3, -0.25) is 4.79 Å². The van der Waals surface area contributed by atoms with Crippen molar-refractivity contribution in [2.24, 2.45) is 0 Å². The molecule has 1 N–H and O–H groups in total. The van der Waals surface area contributed by atoms with Crippen LogP contribution in [-0.2, 0) is 20.7 Å². The highest BCUT2D eigenvalue weighted by molar-refractivity contribution is 7.20. The standard InChI is InChI=1S/C20H20FN3O4S/c1-5-28-20(26)17-11(3)16-18(22-13-8-12(21)7-6-10(13)2)23-14(9-15(25)27-4)24-19(16)29-17/h6-8H,5,9H2,1-4H3,(H,22,23,24). The third-order valence-electron chi connectivity index (χ3n) is 4.28. The Kier molecular flexibility index (Phi) is 6.07. The predicted octanol–water partition coefficient (Wildman–Crippen LogP) is 4.08. The quantitative estimate of drug-likeness (QED) is 0.604. The SMILES string of the molecule is CCOC(=O)c1sc2nc(CC(=O)OC)nc(Nc3cc(F)ccc3C)c2c1C. The number of carbonyl (C=O) groups is 2. The van der Waals surface area contributed by atoms with Crippen LogP contribution in [0.3, 0.4) is 0 Å². The van der Waals surface area contributed by atoms with Crippen LogP contribution in [0.25, 0.3) is 10.2 Å². The van der Waals surface area contributed by atoms with Crippen LogP contribution in [0.15, 0.2) is 18.2 Å². The topological polar surface area (TPSA) is 90.4 Å². The number of esters is 2. The van der Waals surface area contributed by atoms with Gasteiger partial charge in [-0.15, -0.1) is 11.3 Å². The lowest BCUT2D eigenvalue weighted by molar-refractivity contribution is -0.139. The minimum Gasteiger partial charge on any atom is -0.469 e. The number of nitrogens with one attached hydrogen (secondary N) is 1. The fourth-order valence-corrected chi connectivity index (χ4v) is 3.90. The number of nitrogens with zero attached hydrogens (tertiary/aromatic N) is 2. The van der Waals surface area contributed by atoms with Gasteiger partial charge >= 0.3 is 11.9 Å². The number of fused-ring (bicyclic) bond motifs is 1. The van der Waals surface area contributed by atoms with E-state index in [1.165, 1.54) is 19.2 Å². The Balaban J connectivity index is 2.17. The summed E-state index contributed by atoms with van der Waals surface area (Å²) in [6.45, 7) is 5.59. The van der Waals surface area contributed by atoms with Gasteiger partial charge < -0.3 is 14.8 Å². The monoisotopic (exact) mass is 417 g/mol. The summed E-state index contributed by atoms with van der Waals surface area (Å²) in [5, 5.41) is 3.74. The van der Waals surface area contributed by atoms with E-state index >= 15 is 0 Å². The number of aryl methyl sites for hydroxylation is 2. The molecule has 0 unspecified atom stereocenters. The number of hydrogen-bond acceptors (Lipinski definition) is 8. The van der Waals surface area contributed by atoms with E-state index in [1.807, 2.05) is 6.92 Å². The van der Waals surface area contributed by atoms with Gasteiger partial charge in [-0.05, 0) is 44.0 Å². The van der Waals surface area contributed by atoms with Crippen LogP contribution in [0, 0.1) is 19.7 Å². The van der Waals surface area contributed by atoms with Crippen LogP contribution in [0.5, 0.6) is 0 Å². The molecular weight excluding hydrogens is 397 g/mol. The smallest absolute Gasteiger partial charge is 0.348 e. The number of hydrogen-bond donors (Lipinski definition) is 1. The number of thiophene rings is 1. The van der Waals surface area contributed by atoms with E-state index < -0.39 is 17.8 Å². The molecule has 0 aliphatic rings. The molecule has 0 saturated heterocycles. The fraction of sp³-hybridized carbons (Fsp3) is 0.300. The predicted molar refractivity (Wildman–Crippen MR) is 108 cm³/mol. The molecule has 7 nitrogen and oxygen atoms in total. The molecule has 3 rings (SSSR count). The first kappa shape index (κ1) is 20.7. The number of anilines is 2. The second kappa shape index (κ2) is 8.52. The highest BCUT2D eigenvalue weighted by atomic mass is 32.1. The minimum atomic E-state index is -0.490. The van der Waals surface area contributed by atoms with Gasteiger partial charge in [0, 0.05) is 5.69 Å². The second-order valence-corrected chi connectivity index (χ2v) is 7.28. The van der Waals surface area contributed by atoms with Crippen molar-refractivity contribution in [3.63, 3.8) is 0 Å².